The van der Waals surface area contributed by atoms with Crippen molar-refractivity contribution in [3.8, 4) is 0 Å². The van der Waals surface area contributed by atoms with Crippen LogP contribution in [0.15, 0.2) is 35.3 Å². The smallest absolute Gasteiger partial charge is 0.285 e. The van der Waals surface area contributed by atoms with Crippen LogP contribution in [0, 0.1) is 0 Å². The monoisotopic (exact) mass is 313 g/mol. The predicted octanol–water partition coefficient (Wildman–Crippen LogP) is 2.71. The topological polar surface area (TPSA) is 67.0 Å². The van der Waals surface area contributed by atoms with E-state index in [9.17, 15) is 4.79 Å². The van der Waals surface area contributed by atoms with E-state index in [1.807, 2.05) is 24.3 Å². The molecule has 0 fully saturated rings. The van der Waals surface area contributed by atoms with Gasteiger partial charge in [-0.3, -0.25) is 4.79 Å². The minimum Gasteiger partial charge on any atom is -0.380 e. The van der Waals surface area contributed by atoms with Crippen molar-refractivity contribution in [2.75, 3.05) is 18.5 Å². The van der Waals surface area contributed by atoms with Crippen molar-refractivity contribution in [3.63, 3.8) is 0 Å². The van der Waals surface area contributed by atoms with Crippen LogP contribution in [0.3, 0.4) is 0 Å². The van der Waals surface area contributed by atoms with Crippen LogP contribution in [0.4, 0.5) is 5.69 Å². The van der Waals surface area contributed by atoms with Gasteiger partial charge in [0.2, 0.25) is 0 Å². The lowest BCUT2D eigenvalue weighted by Crippen LogP contribution is -2.15. The van der Waals surface area contributed by atoms with Crippen molar-refractivity contribution in [1.29, 1.82) is 0 Å². The molecular formula is C13H13Cl2N3O2. The summed E-state index contributed by atoms with van der Waals surface area (Å²) in [6.45, 7) is 1.50. The summed E-state index contributed by atoms with van der Waals surface area (Å²) >= 11 is 11.6. The Morgan fingerprint density at radius 1 is 1.25 bits per heavy atom. The van der Waals surface area contributed by atoms with Crippen LogP contribution >= 0.6 is 23.2 Å². The molecular weight excluding hydrogens is 301 g/mol. The van der Waals surface area contributed by atoms with Crippen LogP contribution in [0.2, 0.25) is 10.0 Å². The molecule has 106 valence electrons. The van der Waals surface area contributed by atoms with Gasteiger partial charge in [0, 0.05) is 11.6 Å². The Kier molecular flexibility index (Phi) is 5.40. The van der Waals surface area contributed by atoms with E-state index in [1.165, 1.54) is 6.20 Å². The van der Waals surface area contributed by atoms with Crippen LogP contribution in [-0.2, 0) is 11.3 Å². The molecule has 0 aliphatic carbocycles. The lowest BCUT2D eigenvalue weighted by molar-refractivity contribution is 0.130. The molecule has 0 amide bonds. The Labute approximate surface area is 125 Å². The summed E-state index contributed by atoms with van der Waals surface area (Å²) in [5.41, 5.74) is 1.12. The number of aromatic amines is 1. The molecule has 0 aliphatic heterocycles. The Balaban J connectivity index is 1.73. The quantitative estimate of drug-likeness (QED) is 0.805. The lowest BCUT2D eigenvalue weighted by atomic mass is 10.2. The van der Waals surface area contributed by atoms with Gasteiger partial charge in [0.15, 0.2) is 0 Å². The molecule has 7 heteroatoms. The van der Waals surface area contributed by atoms with Crippen LogP contribution in [0.1, 0.15) is 5.56 Å². The summed E-state index contributed by atoms with van der Waals surface area (Å²) in [6.07, 6.45) is 1.46. The molecule has 20 heavy (non-hydrogen) atoms. The van der Waals surface area contributed by atoms with Gasteiger partial charge in [0.05, 0.1) is 25.1 Å². The maximum absolute atomic E-state index is 11.2. The predicted molar refractivity (Wildman–Crippen MR) is 79.5 cm³/mol. The molecule has 2 aromatic rings. The highest BCUT2D eigenvalue weighted by atomic mass is 35.5. The average molecular weight is 314 g/mol. The largest absolute Gasteiger partial charge is 0.380 e. The van der Waals surface area contributed by atoms with E-state index in [4.69, 9.17) is 27.9 Å². The Morgan fingerprint density at radius 3 is 2.75 bits per heavy atom. The summed E-state index contributed by atoms with van der Waals surface area (Å²) in [5, 5.41) is 9.69. The summed E-state index contributed by atoms with van der Waals surface area (Å²) in [5.74, 6) is 0. The van der Waals surface area contributed by atoms with Gasteiger partial charge in [-0.1, -0.05) is 35.3 Å². The molecule has 5 nitrogen and oxygen atoms in total. The molecule has 0 saturated carbocycles. The maximum Gasteiger partial charge on any atom is 0.285 e. The average Bonchev–Trinajstić information content (AvgIpc) is 2.45. The van der Waals surface area contributed by atoms with Gasteiger partial charge in [-0.2, -0.15) is 5.10 Å². The zero-order chi connectivity index (χ0) is 14.4. The molecule has 0 atom stereocenters. The summed E-state index contributed by atoms with van der Waals surface area (Å²) in [6, 6.07) is 7.46. The van der Waals surface area contributed by atoms with Crippen molar-refractivity contribution in [2.24, 2.45) is 0 Å². The first-order valence-electron chi connectivity index (χ1n) is 5.96. The van der Waals surface area contributed by atoms with E-state index in [2.05, 4.69) is 15.5 Å². The van der Waals surface area contributed by atoms with Crippen molar-refractivity contribution >= 4 is 28.9 Å². The first-order valence-corrected chi connectivity index (χ1v) is 6.71. The van der Waals surface area contributed by atoms with Gasteiger partial charge in [0.1, 0.15) is 5.02 Å². The number of H-pyrrole nitrogens is 1. The number of nitrogens with one attached hydrogen (secondary N) is 2. The number of hydrogen-bond donors (Lipinski definition) is 2. The number of rotatable bonds is 6. The fourth-order valence-corrected chi connectivity index (χ4v) is 1.82. The molecule has 0 aliphatic rings. The number of aromatic nitrogens is 2. The molecule has 0 saturated heterocycles. The summed E-state index contributed by atoms with van der Waals surface area (Å²) in [7, 11) is 0. The Morgan fingerprint density at radius 2 is 2.00 bits per heavy atom. The number of anilines is 1. The highest BCUT2D eigenvalue weighted by molar-refractivity contribution is 6.32. The molecule has 0 spiro atoms. The van der Waals surface area contributed by atoms with E-state index in [-0.39, 0.29) is 5.02 Å². The molecule has 0 bridgehead atoms. The van der Waals surface area contributed by atoms with Gasteiger partial charge < -0.3 is 10.1 Å². The third-order valence-electron chi connectivity index (χ3n) is 2.54. The number of benzene rings is 1. The van der Waals surface area contributed by atoms with Gasteiger partial charge >= 0.3 is 0 Å². The van der Waals surface area contributed by atoms with Crippen molar-refractivity contribution in [3.05, 3.63) is 56.4 Å². The summed E-state index contributed by atoms with van der Waals surface area (Å²) in [4.78, 5) is 11.2. The maximum atomic E-state index is 11.2. The standard InChI is InChI=1S/C13H13Cl2N3O2/c14-10-3-1-9(2-4-10)8-20-6-5-16-11-7-17-18-13(19)12(11)15/h1-4,7H,5-6,8H2,(H2,16,18,19). The zero-order valence-electron chi connectivity index (χ0n) is 10.5. The van der Waals surface area contributed by atoms with Gasteiger partial charge in [-0.05, 0) is 17.7 Å². The fraction of sp³-hybridized carbons (Fsp3) is 0.231. The molecule has 1 heterocycles. The highest BCUT2D eigenvalue weighted by Gasteiger charge is 2.03. The van der Waals surface area contributed by atoms with Gasteiger partial charge in [-0.15, -0.1) is 0 Å². The SMILES string of the molecule is O=c1[nH]ncc(NCCOCc2ccc(Cl)cc2)c1Cl. The third kappa shape index (κ3) is 4.23. The highest BCUT2D eigenvalue weighted by Crippen LogP contribution is 2.13. The van der Waals surface area contributed by atoms with E-state index in [0.717, 1.165) is 5.56 Å². The van der Waals surface area contributed by atoms with Crippen molar-refractivity contribution in [1.82, 2.24) is 10.2 Å². The van der Waals surface area contributed by atoms with E-state index < -0.39 is 5.56 Å². The third-order valence-corrected chi connectivity index (χ3v) is 3.17. The lowest BCUT2D eigenvalue weighted by Gasteiger charge is -2.08. The van der Waals surface area contributed by atoms with E-state index >= 15 is 0 Å². The molecule has 0 radical (unpaired) electrons. The minimum atomic E-state index is -0.418. The van der Waals surface area contributed by atoms with Gasteiger partial charge in [0.25, 0.3) is 5.56 Å². The van der Waals surface area contributed by atoms with Crippen LogP contribution < -0.4 is 10.9 Å². The molecule has 1 aromatic carbocycles. The van der Waals surface area contributed by atoms with Crippen LogP contribution in [-0.4, -0.2) is 23.3 Å². The molecule has 2 N–H and O–H groups in total. The zero-order valence-corrected chi connectivity index (χ0v) is 12.0. The minimum absolute atomic E-state index is 0.0951. The van der Waals surface area contributed by atoms with E-state index in [1.54, 1.807) is 0 Å². The van der Waals surface area contributed by atoms with Crippen LogP contribution in [0.25, 0.3) is 0 Å². The van der Waals surface area contributed by atoms with Crippen molar-refractivity contribution < 1.29 is 4.74 Å². The van der Waals surface area contributed by atoms with Crippen molar-refractivity contribution in [2.45, 2.75) is 6.61 Å². The molecule has 2 rings (SSSR count). The number of nitrogens with zero attached hydrogens (tertiary/aromatic N) is 1. The number of halogens is 2. The summed E-state index contributed by atoms with van der Waals surface area (Å²) < 4.78 is 5.50. The van der Waals surface area contributed by atoms with Crippen LogP contribution in [0.5, 0.6) is 0 Å². The normalized spacial score (nSPS) is 10.5. The fourth-order valence-electron chi connectivity index (χ4n) is 1.54. The number of ether oxygens (including phenoxy) is 1. The Bertz CT molecular complexity index is 614. The molecule has 0 unspecified atom stereocenters. The second kappa shape index (κ2) is 7.28. The second-order valence-corrected chi connectivity index (χ2v) is 4.85. The second-order valence-electron chi connectivity index (χ2n) is 4.03. The Hall–Kier alpha value is -1.56. The molecule has 1 aromatic heterocycles. The first-order chi connectivity index (χ1) is 9.66. The van der Waals surface area contributed by atoms with E-state index in [0.29, 0.717) is 30.5 Å². The van der Waals surface area contributed by atoms with Gasteiger partial charge in [-0.25, -0.2) is 5.10 Å². The number of hydrogen-bond acceptors (Lipinski definition) is 4. The first kappa shape index (κ1) is 14.8.